The molecule has 13 heteroatoms. The highest BCUT2D eigenvalue weighted by Gasteiger charge is 2.23. The van der Waals surface area contributed by atoms with Crippen molar-refractivity contribution in [2.45, 2.75) is 94.8 Å². The van der Waals surface area contributed by atoms with Crippen LogP contribution in [0.15, 0.2) is 12.3 Å². The van der Waals surface area contributed by atoms with Crippen LogP contribution in [0.4, 0.5) is 0 Å². The molecule has 0 amide bonds. The number of nitrogens with zero attached hydrogens (tertiary/aromatic N) is 1. The molecule has 0 spiro atoms. The van der Waals surface area contributed by atoms with Crippen LogP contribution in [0.25, 0.3) is 0 Å². The number of carboxylic acids is 4. The molecular weight excluding hydrogens is 487 g/mol. The molecule has 0 aliphatic heterocycles. The Bertz CT molecular complexity index is 1110. The summed E-state index contributed by atoms with van der Waals surface area (Å²) in [5.41, 5.74) is 23.4. The number of aromatic nitrogens is 1. The summed E-state index contributed by atoms with van der Waals surface area (Å²) >= 11 is 0. The average Bonchev–Trinajstić information content (AvgIpc) is 2.88. The van der Waals surface area contributed by atoms with E-state index >= 15 is 0 Å². The first-order valence-electron chi connectivity index (χ1n) is 13.8. The number of aryl methyl sites for hydroxylation is 3. The summed E-state index contributed by atoms with van der Waals surface area (Å²) in [7, 11) is 0. The molecule has 0 radical (unpaired) electrons. The molecule has 0 fully saturated rings. The van der Waals surface area contributed by atoms with Crippen LogP contribution in [0.3, 0.4) is 0 Å². The predicted octanol–water partition coefficient (Wildman–Crippen LogP) is -1.02. The Balaban J connectivity index is 3.69. The Morgan fingerprint density at radius 2 is 1.19 bits per heavy atom. The van der Waals surface area contributed by atoms with Crippen LogP contribution >= 0.6 is 0 Å². The Morgan fingerprint density at radius 1 is 0.730 bits per heavy atom. The lowest BCUT2D eigenvalue weighted by molar-refractivity contribution is -0.705. The highest BCUT2D eigenvalue weighted by atomic mass is 16.4. The van der Waals surface area contributed by atoms with Crippen LogP contribution in [0.2, 0.25) is 0 Å². The number of carboxylic acid groups (broad SMARTS) is 4. The highest BCUT2D eigenvalue weighted by molar-refractivity contribution is 5.74. The summed E-state index contributed by atoms with van der Waals surface area (Å²) in [6, 6.07) is -3.52. The number of hydrogen-bond donors (Lipinski definition) is 8. The molecule has 1 rings (SSSR count). The number of aliphatic carboxylic acids is 4. The number of nitrogens with two attached hydrogens (primary N) is 4. The Kier molecular flexibility index (Phi) is 10.9. The Hall–Kier alpha value is -3.13. The van der Waals surface area contributed by atoms with Gasteiger partial charge in [-0.05, 0) is 57.4 Å². The van der Waals surface area contributed by atoms with Crippen LogP contribution in [0.5, 0.6) is 0 Å². The molecule has 13 nitrogen and oxygen atoms in total. The number of hydrogen-bond acceptors (Lipinski definition) is 8. The molecule has 37 heavy (non-hydrogen) atoms. The molecule has 0 bridgehead atoms. The van der Waals surface area contributed by atoms with Crippen molar-refractivity contribution in [3.05, 3.63) is 29.1 Å². The van der Waals surface area contributed by atoms with Gasteiger partial charge in [-0.25, -0.2) is 4.57 Å². The van der Waals surface area contributed by atoms with Crippen molar-refractivity contribution in [3.8, 4) is 0 Å². The van der Waals surface area contributed by atoms with Gasteiger partial charge in [-0.1, -0.05) is 0 Å². The van der Waals surface area contributed by atoms with Crippen molar-refractivity contribution in [2.75, 3.05) is 0 Å². The van der Waals surface area contributed by atoms with E-state index in [9.17, 15) is 24.3 Å². The molecule has 0 aliphatic carbocycles. The van der Waals surface area contributed by atoms with Crippen molar-refractivity contribution in [2.24, 2.45) is 22.9 Å². The second-order valence-electron chi connectivity index (χ2n) is 8.77. The van der Waals surface area contributed by atoms with E-state index < -0.39 is 67.3 Å². The zero-order valence-corrected chi connectivity index (χ0v) is 20.5. The molecule has 0 saturated heterocycles. The van der Waals surface area contributed by atoms with E-state index in [2.05, 4.69) is 0 Å². The van der Waals surface area contributed by atoms with Gasteiger partial charge in [0.2, 0.25) is 0 Å². The molecule has 0 aliphatic rings. The summed E-state index contributed by atoms with van der Waals surface area (Å²) in [4.78, 5) is 44.9. The lowest BCUT2D eigenvalue weighted by Gasteiger charge is -2.15. The van der Waals surface area contributed by atoms with Crippen molar-refractivity contribution in [1.29, 1.82) is 0 Å². The SMILES string of the molecule is [2H]C([2H])(CC[C@H](N)C(=O)O)C([2H])([2H])[15n+]1cc(CC[C@H](N)C(=O)O)cc(CC[C@H](N)C(=O)O)c1CCC[C@H](N)C(=O)O. The van der Waals surface area contributed by atoms with Gasteiger partial charge in [0.25, 0.3) is 0 Å². The van der Waals surface area contributed by atoms with Crippen LogP contribution < -0.4 is 27.5 Å². The summed E-state index contributed by atoms with van der Waals surface area (Å²) < 4.78 is 35.7. The standard InChI is InChI=1S/C24H39N5O8/c25-16(21(30)31)4-1-2-11-29-13-14(7-9-18(27)23(34)35)12-15(8-10-19(28)24(36)37)20(29)6-3-5-17(26)22(32)33/h12-13,16-19H,1-11,25-28H2,(H3-,30,31,32,33,34,35,36,37)/p+1/t16-,17-,18-,19-/m0/s1/i2D2,11D2,29+1. The molecule has 4 atom stereocenters. The molecule has 208 valence electrons. The molecule has 0 unspecified atom stereocenters. The van der Waals surface area contributed by atoms with E-state index in [0.29, 0.717) is 11.1 Å². The zero-order valence-electron chi connectivity index (χ0n) is 24.5. The number of carbonyl (C=O) groups is 4. The monoisotopic (exact) mass is 531 g/mol. The molecule has 1 aromatic rings. The summed E-state index contributed by atoms with van der Waals surface area (Å²) in [6.45, 7) is -2.82. The number of rotatable bonds is 19. The topological polar surface area (TPSA) is 257 Å². The first-order chi connectivity index (χ1) is 18.8. The minimum absolute atomic E-state index is 0.00197. The van der Waals surface area contributed by atoms with E-state index in [0.717, 1.165) is 4.57 Å². The van der Waals surface area contributed by atoms with Gasteiger partial charge in [-0.2, -0.15) is 0 Å². The van der Waals surface area contributed by atoms with Crippen molar-refractivity contribution in [1.82, 2.24) is 0 Å². The quantitative estimate of drug-likeness (QED) is 0.0998. The maximum atomic E-state index is 11.3. The molecular formula is C24H40N5O8+. The van der Waals surface area contributed by atoms with Gasteiger partial charge < -0.3 is 43.4 Å². The van der Waals surface area contributed by atoms with E-state index in [-0.39, 0.29) is 57.1 Å². The lowest BCUT2D eigenvalue weighted by Crippen LogP contribution is -2.41. The summed E-state index contributed by atoms with van der Waals surface area (Å²) in [5.74, 6) is -5.13. The van der Waals surface area contributed by atoms with Crippen LogP contribution in [-0.2, 0) is 44.9 Å². The second kappa shape index (κ2) is 15.9. The van der Waals surface area contributed by atoms with Crippen molar-refractivity contribution in [3.63, 3.8) is 0 Å². The zero-order chi connectivity index (χ0) is 31.7. The minimum Gasteiger partial charge on any atom is -0.480 e. The lowest BCUT2D eigenvalue weighted by atomic mass is 9.97. The highest BCUT2D eigenvalue weighted by Crippen LogP contribution is 2.17. The smallest absolute Gasteiger partial charge is 0.320 e. The summed E-state index contributed by atoms with van der Waals surface area (Å²) in [6.07, 6.45) is -2.17. The van der Waals surface area contributed by atoms with E-state index in [1.165, 1.54) is 6.20 Å². The maximum Gasteiger partial charge on any atom is 0.320 e. The maximum absolute atomic E-state index is 11.3. The second-order valence-corrected chi connectivity index (χ2v) is 8.77. The van der Waals surface area contributed by atoms with Gasteiger partial charge in [0.05, 0.1) is 0 Å². The van der Waals surface area contributed by atoms with E-state index in [4.69, 9.17) is 43.7 Å². The van der Waals surface area contributed by atoms with Crippen LogP contribution in [-0.4, -0.2) is 68.5 Å². The number of pyridine rings is 1. The average molecular weight is 532 g/mol. The van der Waals surface area contributed by atoms with Gasteiger partial charge in [0, 0.05) is 26.7 Å². The van der Waals surface area contributed by atoms with Gasteiger partial charge in [0.15, 0.2) is 11.9 Å². The van der Waals surface area contributed by atoms with Gasteiger partial charge in [0.1, 0.15) is 33.4 Å². The normalized spacial score (nSPS) is 16.9. The van der Waals surface area contributed by atoms with Crippen LogP contribution in [0.1, 0.15) is 67.2 Å². The third kappa shape index (κ3) is 11.6. The molecule has 1 aromatic heterocycles. The van der Waals surface area contributed by atoms with Crippen molar-refractivity contribution >= 4 is 23.9 Å². The largest absolute Gasteiger partial charge is 0.480 e. The Labute approximate surface area is 221 Å². The molecule has 1 heterocycles. The first-order valence-corrected chi connectivity index (χ1v) is 11.8. The van der Waals surface area contributed by atoms with Gasteiger partial charge >= 0.3 is 23.9 Å². The third-order valence-corrected chi connectivity index (χ3v) is 5.76. The van der Waals surface area contributed by atoms with E-state index in [1.807, 2.05) is 0 Å². The van der Waals surface area contributed by atoms with Gasteiger partial charge in [-0.3, -0.25) is 19.2 Å². The fourth-order valence-electron chi connectivity index (χ4n) is 3.46. The fraction of sp³-hybridized carbons (Fsp3) is 0.625. The minimum atomic E-state index is -2.82. The van der Waals surface area contributed by atoms with Gasteiger partial charge in [-0.15, -0.1) is 0 Å². The molecule has 0 aromatic carbocycles. The first kappa shape index (κ1) is 25.5. The fourth-order valence-corrected chi connectivity index (χ4v) is 3.46. The Morgan fingerprint density at radius 3 is 1.70 bits per heavy atom. The summed E-state index contributed by atoms with van der Waals surface area (Å²) in [5, 5.41) is 36.6. The molecule has 12 N–H and O–H groups in total. The van der Waals surface area contributed by atoms with Crippen LogP contribution in [0, 0.1) is 0 Å². The molecule has 0 saturated carbocycles. The van der Waals surface area contributed by atoms with Crippen molar-refractivity contribution < 1.29 is 49.7 Å². The third-order valence-electron chi connectivity index (χ3n) is 5.76. The van der Waals surface area contributed by atoms with E-state index in [1.54, 1.807) is 6.07 Å². The predicted molar refractivity (Wildman–Crippen MR) is 133 cm³/mol.